The third kappa shape index (κ3) is 4.04. The summed E-state index contributed by atoms with van der Waals surface area (Å²) in [6.45, 7) is 4.21. The van der Waals surface area contributed by atoms with E-state index in [4.69, 9.17) is 9.47 Å². The molecule has 0 unspecified atom stereocenters. The Morgan fingerprint density at radius 3 is 2.95 bits per heavy atom. The first kappa shape index (κ1) is 14.0. The van der Waals surface area contributed by atoms with Crippen molar-refractivity contribution in [2.75, 3.05) is 19.8 Å². The Balaban J connectivity index is 1.90. The molecule has 0 spiro atoms. The fourth-order valence-electron chi connectivity index (χ4n) is 2.32. The first-order valence-corrected chi connectivity index (χ1v) is 6.83. The van der Waals surface area contributed by atoms with Crippen molar-refractivity contribution < 1.29 is 14.3 Å². The molecule has 1 aromatic rings. The fraction of sp³-hybridized carbons (Fsp3) is 0.533. The molecule has 0 aromatic heterocycles. The van der Waals surface area contributed by atoms with Gasteiger partial charge >= 0.3 is 5.97 Å². The van der Waals surface area contributed by atoms with Crippen LogP contribution in [0.5, 0.6) is 0 Å². The maximum Gasteiger partial charge on any atom is 0.310 e. The first-order valence-electron chi connectivity index (χ1n) is 6.83. The van der Waals surface area contributed by atoms with Gasteiger partial charge in [0.15, 0.2) is 0 Å². The zero-order chi connectivity index (χ0) is 13.5. The second-order valence-corrected chi connectivity index (χ2v) is 4.70. The van der Waals surface area contributed by atoms with Crippen molar-refractivity contribution >= 4 is 5.97 Å². The molecular formula is C15H21NO3. The quantitative estimate of drug-likeness (QED) is 0.822. The Kier molecular flexibility index (Phi) is 5.36. The number of hydrogen-bond acceptors (Lipinski definition) is 4. The Morgan fingerprint density at radius 2 is 2.21 bits per heavy atom. The number of carbonyl (C=O) groups excluding carboxylic acids is 1. The van der Waals surface area contributed by atoms with E-state index in [0.717, 1.165) is 13.0 Å². The van der Waals surface area contributed by atoms with Crippen LogP contribution >= 0.6 is 0 Å². The highest BCUT2D eigenvalue weighted by atomic mass is 16.5. The van der Waals surface area contributed by atoms with E-state index in [0.29, 0.717) is 19.8 Å². The summed E-state index contributed by atoms with van der Waals surface area (Å²) >= 11 is 0. The normalized spacial score (nSPS) is 23.0. The molecular weight excluding hydrogens is 242 g/mol. The van der Waals surface area contributed by atoms with Gasteiger partial charge in [0.25, 0.3) is 0 Å². The van der Waals surface area contributed by atoms with Crippen LogP contribution in [-0.2, 0) is 20.8 Å². The molecule has 0 amide bonds. The van der Waals surface area contributed by atoms with E-state index < -0.39 is 0 Å². The molecule has 0 bridgehead atoms. The van der Waals surface area contributed by atoms with Gasteiger partial charge in [0.05, 0.1) is 19.1 Å². The van der Waals surface area contributed by atoms with Crippen molar-refractivity contribution in [3.8, 4) is 0 Å². The Bertz CT molecular complexity index is 394. The minimum absolute atomic E-state index is 0.0352. The third-order valence-electron chi connectivity index (χ3n) is 3.36. The second kappa shape index (κ2) is 7.26. The summed E-state index contributed by atoms with van der Waals surface area (Å²) in [6.07, 6.45) is 0.727. The van der Waals surface area contributed by atoms with E-state index >= 15 is 0 Å². The smallest absolute Gasteiger partial charge is 0.310 e. The van der Waals surface area contributed by atoms with E-state index in [1.165, 1.54) is 5.56 Å². The second-order valence-electron chi connectivity index (χ2n) is 4.70. The predicted molar refractivity (Wildman–Crippen MR) is 72.6 cm³/mol. The summed E-state index contributed by atoms with van der Waals surface area (Å²) in [5.41, 5.74) is 1.20. The lowest BCUT2D eigenvalue weighted by atomic mass is 9.94. The van der Waals surface area contributed by atoms with Crippen molar-refractivity contribution in [1.82, 2.24) is 5.32 Å². The highest BCUT2D eigenvalue weighted by molar-refractivity contribution is 5.73. The molecule has 2 rings (SSSR count). The van der Waals surface area contributed by atoms with Gasteiger partial charge in [-0.2, -0.15) is 0 Å². The maximum atomic E-state index is 11.9. The topological polar surface area (TPSA) is 47.6 Å². The highest BCUT2D eigenvalue weighted by Crippen LogP contribution is 2.18. The number of nitrogens with one attached hydrogen (secondary N) is 1. The molecule has 104 valence electrons. The van der Waals surface area contributed by atoms with Crippen LogP contribution in [0.4, 0.5) is 0 Å². The summed E-state index contributed by atoms with van der Waals surface area (Å²) in [7, 11) is 0. The molecule has 19 heavy (non-hydrogen) atoms. The van der Waals surface area contributed by atoms with Crippen LogP contribution in [0.2, 0.25) is 0 Å². The largest absolute Gasteiger partial charge is 0.466 e. The molecule has 4 heteroatoms. The molecule has 1 fully saturated rings. The van der Waals surface area contributed by atoms with Crippen LogP contribution < -0.4 is 5.32 Å². The average Bonchev–Trinajstić information content (AvgIpc) is 2.47. The third-order valence-corrected chi connectivity index (χ3v) is 3.36. The SMILES string of the molecule is CCOC(=O)[C@@H]1CCOC[C@H]1NCc1ccccc1. The van der Waals surface area contributed by atoms with Crippen LogP contribution in [0, 0.1) is 5.92 Å². The Hall–Kier alpha value is -1.39. The number of ether oxygens (including phenoxy) is 2. The standard InChI is InChI=1S/C15H21NO3/c1-2-19-15(17)13-8-9-18-11-14(13)16-10-12-6-4-3-5-7-12/h3-7,13-14,16H,2,8-11H2,1H3/t13-,14-/m1/s1. The lowest BCUT2D eigenvalue weighted by Crippen LogP contribution is -2.47. The minimum Gasteiger partial charge on any atom is -0.466 e. The summed E-state index contributed by atoms with van der Waals surface area (Å²) in [4.78, 5) is 11.9. The molecule has 1 heterocycles. The maximum absolute atomic E-state index is 11.9. The van der Waals surface area contributed by atoms with Crippen LogP contribution in [0.3, 0.4) is 0 Å². The highest BCUT2D eigenvalue weighted by Gasteiger charge is 2.32. The lowest BCUT2D eigenvalue weighted by molar-refractivity contribution is -0.152. The molecule has 0 saturated carbocycles. The van der Waals surface area contributed by atoms with Crippen LogP contribution in [0.1, 0.15) is 18.9 Å². The summed E-state index contributed by atoms with van der Waals surface area (Å²) in [5.74, 6) is -0.214. The van der Waals surface area contributed by atoms with Gasteiger partial charge in [-0.3, -0.25) is 4.79 Å². The van der Waals surface area contributed by atoms with E-state index in [2.05, 4.69) is 17.4 Å². The Labute approximate surface area is 114 Å². The molecule has 0 radical (unpaired) electrons. The van der Waals surface area contributed by atoms with Gasteiger partial charge in [0.2, 0.25) is 0 Å². The molecule has 1 aliphatic rings. The number of carbonyl (C=O) groups is 1. The summed E-state index contributed by atoms with van der Waals surface area (Å²) in [6, 6.07) is 10.2. The summed E-state index contributed by atoms with van der Waals surface area (Å²) < 4.78 is 10.6. The molecule has 1 aliphatic heterocycles. The van der Waals surface area contributed by atoms with Crippen LogP contribution in [-0.4, -0.2) is 31.8 Å². The monoisotopic (exact) mass is 263 g/mol. The van der Waals surface area contributed by atoms with Crippen molar-refractivity contribution in [2.24, 2.45) is 5.92 Å². The van der Waals surface area contributed by atoms with Gasteiger partial charge < -0.3 is 14.8 Å². The van der Waals surface area contributed by atoms with Crippen LogP contribution in [0.25, 0.3) is 0 Å². The molecule has 1 aromatic carbocycles. The van der Waals surface area contributed by atoms with Gasteiger partial charge in [-0.25, -0.2) is 0 Å². The van der Waals surface area contributed by atoms with E-state index in [1.54, 1.807) is 0 Å². The Morgan fingerprint density at radius 1 is 1.42 bits per heavy atom. The average molecular weight is 263 g/mol. The predicted octanol–water partition coefficient (Wildman–Crippen LogP) is 1.74. The number of rotatable bonds is 5. The molecule has 1 N–H and O–H groups in total. The van der Waals surface area contributed by atoms with Gasteiger partial charge in [0.1, 0.15) is 0 Å². The van der Waals surface area contributed by atoms with Crippen molar-refractivity contribution in [3.05, 3.63) is 35.9 Å². The fourth-order valence-corrected chi connectivity index (χ4v) is 2.32. The van der Waals surface area contributed by atoms with Gasteiger partial charge in [-0.05, 0) is 18.9 Å². The number of hydrogen-bond donors (Lipinski definition) is 1. The van der Waals surface area contributed by atoms with Gasteiger partial charge in [-0.1, -0.05) is 30.3 Å². The number of esters is 1. The zero-order valence-corrected chi connectivity index (χ0v) is 11.3. The van der Waals surface area contributed by atoms with Crippen molar-refractivity contribution in [1.29, 1.82) is 0 Å². The molecule has 0 aliphatic carbocycles. The minimum atomic E-state index is -0.114. The van der Waals surface area contributed by atoms with E-state index in [-0.39, 0.29) is 17.9 Å². The lowest BCUT2D eigenvalue weighted by Gasteiger charge is -2.30. The van der Waals surface area contributed by atoms with Crippen molar-refractivity contribution in [3.63, 3.8) is 0 Å². The molecule has 1 saturated heterocycles. The molecule has 2 atom stereocenters. The van der Waals surface area contributed by atoms with Crippen molar-refractivity contribution in [2.45, 2.75) is 25.9 Å². The summed E-state index contributed by atoms with van der Waals surface area (Å²) in [5, 5.41) is 3.40. The van der Waals surface area contributed by atoms with Gasteiger partial charge in [0, 0.05) is 19.2 Å². The van der Waals surface area contributed by atoms with E-state index in [1.807, 2.05) is 25.1 Å². The molecule has 4 nitrogen and oxygen atoms in total. The zero-order valence-electron chi connectivity index (χ0n) is 11.3. The van der Waals surface area contributed by atoms with Crippen LogP contribution in [0.15, 0.2) is 30.3 Å². The number of benzene rings is 1. The first-order chi connectivity index (χ1) is 9.31. The van der Waals surface area contributed by atoms with Gasteiger partial charge in [-0.15, -0.1) is 0 Å². The van der Waals surface area contributed by atoms with E-state index in [9.17, 15) is 4.79 Å².